The minimum absolute atomic E-state index is 0.00627. The van der Waals surface area contributed by atoms with Crippen LogP contribution in [0.3, 0.4) is 0 Å². The molecule has 0 aliphatic rings. The van der Waals surface area contributed by atoms with Crippen LogP contribution in [0.5, 0.6) is 0 Å². The van der Waals surface area contributed by atoms with Gasteiger partial charge in [0.25, 0.3) is 0 Å². The van der Waals surface area contributed by atoms with Crippen molar-refractivity contribution in [3.63, 3.8) is 0 Å². The van der Waals surface area contributed by atoms with Crippen LogP contribution in [0.25, 0.3) is 0 Å². The highest BCUT2D eigenvalue weighted by molar-refractivity contribution is 6.30. The first-order valence-electron chi connectivity index (χ1n) is 4.86. The number of ether oxygens (including phenoxy) is 1. The summed E-state index contributed by atoms with van der Waals surface area (Å²) in [6, 6.07) is 4.81. The molecule has 0 amide bonds. The molecule has 0 saturated heterocycles. The summed E-state index contributed by atoms with van der Waals surface area (Å²) < 4.78 is 18.3. The topological polar surface area (TPSA) is 21.3 Å². The highest BCUT2D eigenvalue weighted by Gasteiger charge is 2.11. The summed E-state index contributed by atoms with van der Waals surface area (Å²) in [7, 11) is 1.62. The molecule has 0 saturated carbocycles. The molecule has 0 aliphatic carbocycles. The van der Waals surface area contributed by atoms with Gasteiger partial charge in [-0.25, -0.2) is 4.39 Å². The number of rotatable bonds is 5. The zero-order valence-electron chi connectivity index (χ0n) is 8.89. The Morgan fingerprint density at radius 2 is 2.27 bits per heavy atom. The highest BCUT2D eigenvalue weighted by Crippen LogP contribution is 2.20. The average Bonchev–Trinajstić information content (AvgIpc) is 2.22. The predicted octanol–water partition coefficient (Wildman–Crippen LogP) is 2.78. The van der Waals surface area contributed by atoms with Crippen LogP contribution in [0.4, 0.5) is 4.39 Å². The second-order valence-corrected chi connectivity index (χ2v) is 3.65. The van der Waals surface area contributed by atoms with E-state index in [0.29, 0.717) is 6.61 Å². The molecule has 0 spiro atoms. The normalized spacial score (nSPS) is 12.8. The van der Waals surface area contributed by atoms with E-state index in [-0.39, 0.29) is 11.1 Å². The molecule has 1 aromatic rings. The molecular formula is C11H15ClFNO. The van der Waals surface area contributed by atoms with Gasteiger partial charge in [0.05, 0.1) is 17.7 Å². The van der Waals surface area contributed by atoms with E-state index >= 15 is 0 Å². The number of likely N-dealkylation sites (N-methyl/N-ethyl adjacent to an activating group) is 1. The zero-order valence-corrected chi connectivity index (χ0v) is 9.64. The molecule has 1 atom stereocenters. The van der Waals surface area contributed by atoms with Gasteiger partial charge in [-0.3, -0.25) is 0 Å². The van der Waals surface area contributed by atoms with Crippen molar-refractivity contribution in [1.29, 1.82) is 0 Å². The molecule has 0 heterocycles. The summed E-state index contributed by atoms with van der Waals surface area (Å²) in [6.45, 7) is 3.31. The molecule has 0 fully saturated rings. The summed E-state index contributed by atoms with van der Waals surface area (Å²) in [5, 5.41) is 3.36. The summed E-state index contributed by atoms with van der Waals surface area (Å²) in [6.07, 6.45) is 0. The lowest BCUT2D eigenvalue weighted by atomic mass is 10.1. The first-order chi connectivity index (χ1) is 7.19. The van der Waals surface area contributed by atoms with E-state index in [9.17, 15) is 4.39 Å². The first kappa shape index (κ1) is 12.4. The Balaban J connectivity index is 2.85. The quantitative estimate of drug-likeness (QED) is 0.842. The molecule has 1 unspecified atom stereocenters. The molecule has 1 aromatic carbocycles. The smallest absolute Gasteiger partial charge is 0.142 e. The summed E-state index contributed by atoms with van der Waals surface area (Å²) in [5.74, 6) is -0.395. The minimum atomic E-state index is -0.395. The van der Waals surface area contributed by atoms with Crippen LogP contribution in [0.15, 0.2) is 18.2 Å². The predicted molar refractivity (Wildman–Crippen MR) is 59.7 cm³/mol. The summed E-state index contributed by atoms with van der Waals surface area (Å²) >= 11 is 5.61. The van der Waals surface area contributed by atoms with E-state index in [2.05, 4.69) is 5.32 Å². The molecule has 4 heteroatoms. The van der Waals surface area contributed by atoms with Crippen LogP contribution in [-0.2, 0) is 4.74 Å². The molecule has 84 valence electrons. The van der Waals surface area contributed by atoms with Crippen LogP contribution < -0.4 is 5.32 Å². The third-order valence-electron chi connectivity index (χ3n) is 2.13. The molecular weight excluding hydrogens is 217 g/mol. The van der Waals surface area contributed by atoms with Gasteiger partial charge in [0.2, 0.25) is 0 Å². The monoisotopic (exact) mass is 231 g/mol. The van der Waals surface area contributed by atoms with Gasteiger partial charge in [0.1, 0.15) is 5.82 Å². The third kappa shape index (κ3) is 3.45. The Kier molecular flexibility index (Phi) is 5.02. The Labute approximate surface area is 94.4 Å². The van der Waals surface area contributed by atoms with E-state index < -0.39 is 5.82 Å². The number of nitrogens with one attached hydrogen (secondary N) is 1. The van der Waals surface area contributed by atoms with E-state index in [4.69, 9.17) is 16.3 Å². The second-order valence-electron chi connectivity index (χ2n) is 3.24. The molecule has 0 aromatic heterocycles. The Hall–Kier alpha value is -0.640. The van der Waals surface area contributed by atoms with Crippen molar-refractivity contribution in [2.75, 3.05) is 20.3 Å². The maximum atomic E-state index is 13.2. The van der Waals surface area contributed by atoms with Crippen LogP contribution in [0.1, 0.15) is 18.5 Å². The maximum absolute atomic E-state index is 13.2. The van der Waals surface area contributed by atoms with E-state index in [1.165, 1.54) is 6.07 Å². The minimum Gasteiger partial charge on any atom is -0.383 e. The summed E-state index contributed by atoms with van der Waals surface area (Å²) in [4.78, 5) is 0. The second kappa shape index (κ2) is 6.05. The maximum Gasteiger partial charge on any atom is 0.142 e. The zero-order chi connectivity index (χ0) is 11.3. The first-order valence-corrected chi connectivity index (χ1v) is 5.24. The fourth-order valence-electron chi connectivity index (χ4n) is 1.42. The van der Waals surface area contributed by atoms with Crippen molar-refractivity contribution in [3.8, 4) is 0 Å². The summed E-state index contributed by atoms with van der Waals surface area (Å²) in [5.41, 5.74) is 0.848. The van der Waals surface area contributed by atoms with Gasteiger partial charge < -0.3 is 10.1 Å². The lowest BCUT2D eigenvalue weighted by molar-refractivity contribution is 0.167. The van der Waals surface area contributed by atoms with Gasteiger partial charge in [-0.1, -0.05) is 24.6 Å². The van der Waals surface area contributed by atoms with E-state index in [1.807, 2.05) is 6.92 Å². The standard InChI is InChI=1S/C11H15ClFNO/c1-3-14-11(7-15-2)8-4-5-9(12)10(13)6-8/h4-6,11,14H,3,7H2,1-2H3. The number of hydrogen-bond donors (Lipinski definition) is 1. The van der Waals surface area contributed by atoms with Crippen molar-refractivity contribution in [1.82, 2.24) is 5.32 Å². The largest absolute Gasteiger partial charge is 0.383 e. The van der Waals surface area contributed by atoms with Crippen molar-refractivity contribution in [2.45, 2.75) is 13.0 Å². The van der Waals surface area contributed by atoms with Gasteiger partial charge in [-0.15, -0.1) is 0 Å². The number of halogens is 2. The third-order valence-corrected chi connectivity index (χ3v) is 2.44. The van der Waals surface area contributed by atoms with Crippen LogP contribution in [0.2, 0.25) is 5.02 Å². The Morgan fingerprint density at radius 1 is 1.53 bits per heavy atom. The molecule has 15 heavy (non-hydrogen) atoms. The SMILES string of the molecule is CCNC(COC)c1ccc(Cl)c(F)c1. The van der Waals surface area contributed by atoms with E-state index in [1.54, 1.807) is 19.2 Å². The Bertz CT molecular complexity index is 313. The van der Waals surface area contributed by atoms with Crippen LogP contribution in [-0.4, -0.2) is 20.3 Å². The molecule has 1 N–H and O–H groups in total. The molecule has 0 bridgehead atoms. The van der Waals surface area contributed by atoms with Gasteiger partial charge in [-0.05, 0) is 24.2 Å². The molecule has 2 nitrogen and oxygen atoms in total. The van der Waals surface area contributed by atoms with Crippen LogP contribution in [0, 0.1) is 5.82 Å². The van der Waals surface area contributed by atoms with Crippen molar-refractivity contribution in [3.05, 3.63) is 34.6 Å². The Morgan fingerprint density at radius 3 is 2.80 bits per heavy atom. The molecule has 0 radical (unpaired) electrons. The number of benzene rings is 1. The van der Waals surface area contributed by atoms with Crippen LogP contribution >= 0.6 is 11.6 Å². The lowest BCUT2D eigenvalue weighted by Gasteiger charge is -2.17. The van der Waals surface area contributed by atoms with Gasteiger partial charge >= 0.3 is 0 Å². The van der Waals surface area contributed by atoms with Gasteiger partial charge in [-0.2, -0.15) is 0 Å². The van der Waals surface area contributed by atoms with E-state index in [0.717, 1.165) is 12.1 Å². The number of methoxy groups -OCH3 is 1. The number of hydrogen-bond acceptors (Lipinski definition) is 2. The van der Waals surface area contributed by atoms with Crippen molar-refractivity contribution < 1.29 is 9.13 Å². The van der Waals surface area contributed by atoms with Gasteiger partial charge in [0, 0.05) is 7.11 Å². The van der Waals surface area contributed by atoms with Crippen molar-refractivity contribution in [2.24, 2.45) is 0 Å². The molecule has 1 rings (SSSR count). The average molecular weight is 232 g/mol. The highest BCUT2D eigenvalue weighted by atomic mass is 35.5. The molecule has 0 aliphatic heterocycles. The van der Waals surface area contributed by atoms with Crippen molar-refractivity contribution >= 4 is 11.6 Å². The fraction of sp³-hybridized carbons (Fsp3) is 0.455. The van der Waals surface area contributed by atoms with Gasteiger partial charge in [0.15, 0.2) is 0 Å². The lowest BCUT2D eigenvalue weighted by Crippen LogP contribution is -2.24. The fourth-order valence-corrected chi connectivity index (χ4v) is 1.53.